The molecule has 3 N–H and O–H groups in total. The van der Waals surface area contributed by atoms with E-state index in [4.69, 9.17) is 0 Å². The molecule has 1 atom stereocenters. The summed E-state index contributed by atoms with van der Waals surface area (Å²) >= 11 is 1.20. The van der Waals surface area contributed by atoms with Crippen molar-refractivity contribution >= 4 is 40.5 Å². The lowest BCUT2D eigenvalue weighted by Gasteiger charge is -2.13. The molecule has 0 bridgehead atoms. The lowest BCUT2D eigenvalue weighted by atomic mass is 10.1. The van der Waals surface area contributed by atoms with Crippen LogP contribution in [-0.2, 0) is 4.79 Å². The van der Waals surface area contributed by atoms with Gasteiger partial charge in [0.25, 0.3) is 5.91 Å². The van der Waals surface area contributed by atoms with Crippen LogP contribution in [0.4, 0.5) is 4.79 Å². The van der Waals surface area contributed by atoms with Gasteiger partial charge >= 0.3 is 6.03 Å². The second-order valence-electron chi connectivity index (χ2n) is 6.10. The molecular weight excluding hydrogens is 352 g/mol. The minimum atomic E-state index is -0.557. The van der Waals surface area contributed by atoms with E-state index in [0.717, 1.165) is 18.2 Å². The smallest absolute Gasteiger partial charge is 0.321 e. The van der Waals surface area contributed by atoms with E-state index in [1.54, 1.807) is 13.0 Å². The third-order valence-electron chi connectivity index (χ3n) is 3.98. The van der Waals surface area contributed by atoms with E-state index in [1.165, 1.54) is 18.8 Å². The maximum absolute atomic E-state index is 12.6. The third kappa shape index (κ3) is 4.32. The molecule has 0 radical (unpaired) electrons. The number of carbonyl (C=O) groups is 3. The number of nitrogens with one attached hydrogen (secondary N) is 3. The topological polar surface area (TPSA) is 100 Å². The summed E-state index contributed by atoms with van der Waals surface area (Å²) in [4.78, 5) is 40.5. The van der Waals surface area contributed by atoms with Gasteiger partial charge in [0.05, 0.1) is 21.4 Å². The maximum atomic E-state index is 12.6. The number of fused-ring (bicyclic) bond motifs is 1. The first-order valence-corrected chi connectivity index (χ1v) is 9.25. The van der Waals surface area contributed by atoms with Gasteiger partial charge in [-0.3, -0.25) is 14.9 Å². The van der Waals surface area contributed by atoms with E-state index >= 15 is 0 Å². The Bertz CT molecular complexity index is 867. The van der Waals surface area contributed by atoms with E-state index in [-0.39, 0.29) is 11.9 Å². The van der Waals surface area contributed by atoms with E-state index in [0.29, 0.717) is 16.1 Å². The second-order valence-corrected chi connectivity index (χ2v) is 7.46. The Morgan fingerprint density at radius 2 is 1.96 bits per heavy atom. The Hall–Kier alpha value is -2.61. The number of carbonyl (C=O) groups excluding carboxylic acids is 3. The van der Waals surface area contributed by atoms with Crippen molar-refractivity contribution < 1.29 is 14.4 Å². The number of para-hydroxylation sites is 1. The highest BCUT2D eigenvalue weighted by atomic mass is 32.2. The minimum Gasteiger partial charge on any atom is -0.349 e. The lowest BCUT2D eigenvalue weighted by Crippen LogP contribution is -2.41. The highest BCUT2D eigenvalue weighted by molar-refractivity contribution is 8.00. The third-order valence-corrected chi connectivity index (χ3v) is 5.00. The van der Waals surface area contributed by atoms with Gasteiger partial charge in [0.15, 0.2) is 0 Å². The van der Waals surface area contributed by atoms with E-state index < -0.39 is 17.2 Å². The molecule has 0 spiro atoms. The van der Waals surface area contributed by atoms with Crippen LogP contribution in [0.25, 0.3) is 10.9 Å². The summed E-state index contributed by atoms with van der Waals surface area (Å²) in [6.07, 6.45) is 2.01. The van der Waals surface area contributed by atoms with Gasteiger partial charge in [-0.05, 0) is 31.9 Å². The highest BCUT2D eigenvalue weighted by Crippen LogP contribution is 2.28. The Morgan fingerprint density at radius 3 is 2.65 bits per heavy atom. The van der Waals surface area contributed by atoms with Gasteiger partial charge in [-0.1, -0.05) is 30.0 Å². The first-order valence-electron chi connectivity index (χ1n) is 8.38. The summed E-state index contributed by atoms with van der Waals surface area (Å²) in [5, 5.41) is 8.36. The fourth-order valence-electron chi connectivity index (χ4n) is 2.40. The summed E-state index contributed by atoms with van der Waals surface area (Å²) in [6.45, 7) is 1.68. The van der Waals surface area contributed by atoms with Crippen molar-refractivity contribution in [2.75, 3.05) is 7.05 Å². The van der Waals surface area contributed by atoms with Crippen LogP contribution in [0.3, 0.4) is 0 Å². The fourth-order valence-corrected chi connectivity index (χ4v) is 3.27. The quantitative estimate of drug-likeness (QED) is 0.698. The molecule has 1 saturated carbocycles. The van der Waals surface area contributed by atoms with Crippen molar-refractivity contribution in [3.05, 3.63) is 35.9 Å². The zero-order chi connectivity index (χ0) is 18.7. The Labute approximate surface area is 155 Å². The van der Waals surface area contributed by atoms with Crippen molar-refractivity contribution in [1.29, 1.82) is 0 Å². The summed E-state index contributed by atoms with van der Waals surface area (Å²) in [7, 11) is 1.44. The molecule has 8 heteroatoms. The number of thioether (sulfide) groups is 1. The van der Waals surface area contributed by atoms with Crippen molar-refractivity contribution in [2.24, 2.45) is 0 Å². The molecule has 2 aromatic rings. The van der Waals surface area contributed by atoms with Crippen LogP contribution >= 0.6 is 11.8 Å². The van der Waals surface area contributed by atoms with Gasteiger partial charge in [-0.25, -0.2) is 9.78 Å². The van der Waals surface area contributed by atoms with Crippen LogP contribution in [0, 0.1) is 0 Å². The normalized spacial score (nSPS) is 14.5. The zero-order valence-corrected chi connectivity index (χ0v) is 15.4. The number of urea groups is 1. The molecule has 1 aliphatic carbocycles. The van der Waals surface area contributed by atoms with E-state index in [2.05, 4.69) is 20.9 Å². The zero-order valence-electron chi connectivity index (χ0n) is 14.5. The SMILES string of the molecule is CNC(=O)NC(=O)[C@@H](C)Sc1cc(C(=O)NC2CC2)c2ccccc2n1. The minimum absolute atomic E-state index is 0.129. The molecule has 4 amide bonds. The molecule has 136 valence electrons. The molecule has 26 heavy (non-hydrogen) atoms. The van der Waals surface area contributed by atoms with Crippen LogP contribution < -0.4 is 16.0 Å². The highest BCUT2D eigenvalue weighted by Gasteiger charge is 2.25. The fraction of sp³-hybridized carbons (Fsp3) is 0.333. The average Bonchev–Trinajstić information content (AvgIpc) is 3.44. The van der Waals surface area contributed by atoms with Crippen molar-refractivity contribution in [2.45, 2.75) is 36.1 Å². The Kier molecular flexibility index (Phi) is 5.41. The van der Waals surface area contributed by atoms with Gasteiger partial charge in [0, 0.05) is 18.5 Å². The predicted molar refractivity (Wildman–Crippen MR) is 100 cm³/mol. The number of imide groups is 1. The van der Waals surface area contributed by atoms with Crippen molar-refractivity contribution in [3.63, 3.8) is 0 Å². The largest absolute Gasteiger partial charge is 0.349 e. The number of amides is 4. The molecule has 1 fully saturated rings. The van der Waals surface area contributed by atoms with Gasteiger partial charge in [0.1, 0.15) is 0 Å². The van der Waals surface area contributed by atoms with Crippen LogP contribution in [0.5, 0.6) is 0 Å². The average molecular weight is 372 g/mol. The molecule has 7 nitrogen and oxygen atoms in total. The molecular formula is C18H20N4O3S. The summed E-state index contributed by atoms with van der Waals surface area (Å²) in [6, 6.07) is 8.82. The molecule has 0 saturated heterocycles. The number of aromatic nitrogens is 1. The standard InChI is InChI=1S/C18H20N4O3S/c1-10(16(23)22-18(25)19-2)26-15-9-13(17(24)20-11-7-8-11)12-5-3-4-6-14(12)21-15/h3-6,9-11H,7-8H2,1-2H3,(H,20,24)(H2,19,22,23,25)/t10-/m1/s1. The first kappa shape index (κ1) is 18.2. The molecule has 1 aliphatic rings. The molecule has 0 aliphatic heterocycles. The summed E-state index contributed by atoms with van der Waals surface area (Å²) in [5.41, 5.74) is 1.24. The number of hydrogen-bond acceptors (Lipinski definition) is 5. The Balaban J connectivity index is 1.85. The maximum Gasteiger partial charge on any atom is 0.321 e. The van der Waals surface area contributed by atoms with E-state index in [9.17, 15) is 14.4 Å². The van der Waals surface area contributed by atoms with E-state index in [1.807, 2.05) is 24.3 Å². The van der Waals surface area contributed by atoms with Crippen LogP contribution in [0.2, 0.25) is 0 Å². The van der Waals surface area contributed by atoms with Crippen LogP contribution in [-0.4, -0.2) is 41.2 Å². The summed E-state index contributed by atoms with van der Waals surface area (Å²) in [5.74, 6) is -0.552. The van der Waals surface area contributed by atoms with Crippen LogP contribution in [0.15, 0.2) is 35.4 Å². The lowest BCUT2D eigenvalue weighted by molar-refractivity contribution is -0.119. The molecule has 0 unspecified atom stereocenters. The monoisotopic (exact) mass is 372 g/mol. The van der Waals surface area contributed by atoms with Crippen molar-refractivity contribution in [3.8, 4) is 0 Å². The first-order chi connectivity index (χ1) is 12.5. The predicted octanol–water partition coefficient (Wildman–Crippen LogP) is 2.06. The second kappa shape index (κ2) is 7.74. The molecule has 1 heterocycles. The number of rotatable bonds is 5. The molecule has 1 aromatic carbocycles. The van der Waals surface area contributed by atoms with Crippen molar-refractivity contribution in [1.82, 2.24) is 20.9 Å². The van der Waals surface area contributed by atoms with Gasteiger partial charge in [-0.2, -0.15) is 0 Å². The van der Waals surface area contributed by atoms with Gasteiger partial charge in [-0.15, -0.1) is 0 Å². The number of benzene rings is 1. The van der Waals surface area contributed by atoms with Gasteiger partial charge < -0.3 is 10.6 Å². The number of hydrogen-bond donors (Lipinski definition) is 3. The summed E-state index contributed by atoms with van der Waals surface area (Å²) < 4.78 is 0. The molecule has 3 rings (SSSR count). The Morgan fingerprint density at radius 1 is 1.23 bits per heavy atom. The van der Waals surface area contributed by atoms with Crippen LogP contribution in [0.1, 0.15) is 30.1 Å². The molecule has 1 aromatic heterocycles. The number of nitrogens with zero attached hydrogens (tertiary/aromatic N) is 1. The van der Waals surface area contributed by atoms with Gasteiger partial charge in [0.2, 0.25) is 5.91 Å². The number of pyridine rings is 1.